The highest BCUT2D eigenvalue weighted by Crippen LogP contribution is 2.34. The zero-order valence-electron chi connectivity index (χ0n) is 12.7. The summed E-state index contributed by atoms with van der Waals surface area (Å²) in [5, 5.41) is 2.74. The minimum Gasteiger partial charge on any atom is -0.497 e. The molecule has 1 saturated heterocycles. The molecule has 0 radical (unpaired) electrons. The van der Waals surface area contributed by atoms with E-state index in [2.05, 4.69) is 5.32 Å². The maximum absolute atomic E-state index is 12.3. The topological polar surface area (TPSA) is 64.6 Å². The lowest BCUT2D eigenvalue weighted by Crippen LogP contribution is -2.26. The highest BCUT2D eigenvalue weighted by molar-refractivity contribution is 6.05. The first kappa shape index (κ1) is 15.1. The molecule has 1 fully saturated rings. The maximum atomic E-state index is 12.3. The first-order valence-corrected chi connectivity index (χ1v) is 7.38. The van der Waals surface area contributed by atoms with Gasteiger partial charge in [-0.1, -0.05) is 36.4 Å². The van der Waals surface area contributed by atoms with Crippen molar-refractivity contribution in [2.45, 2.75) is 12.5 Å². The van der Waals surface area contributed by atoms with Crippen LogP contribution >= 0.6 is 0 Å². The first-order valence-electron chi connectivity index (χ1n) is 7.38. The molecule has 0 spiro atoms. The second kappa shape index (κ2) is 6.52. The second-order valence-electron chi connectivity index (χ2n) is 5.35. The molecule has 0 unspecified atom stereocenters. The van der Waals surface area contributed by atoms with Crippen LogP contribution in [0.2, 0.25) is 0 Å². The number of carbonyl (C=O) groups is 2. The van der Waals surface area contributed by atoms with Crippen molar-refractivity contribution in [3.05, 3.63) is 60.2 Å². The summed E-state index contributed by atoms with van der Waals surface area (Å²) < 4.78 is 10.5. The Kier molecular flexibility index (Phi) is 4.28. The van der Waals surface area contributed by atoms with Crippen LogP contribution in [0.4, 0.5) is 5.69 Å². The van der Waals surface area contributed by atoms with Crippen molar-refractivity contribution < 1.29 is 19.1 Å². The van der Waals surface area contributed by atoms with Gasteiger partial charge >= 0.3 is 5.97 Å². The SMILES string of the molecule is COc1cccc(NC(=O)[C@@H]2C[C@H](c3ccccc3)OC2=O)c1. The second-order valence-corrected chi connectivity index (χ2v) is 5.35. The molecule has 5 heteroatoms. The van der Waals surface area contributed by atoms with E-state index in [1.165, 1.54) is 0 Å². The van der Waals surface area contributed by atoms with Gasteiger partial charge in [-0.15, -0.1) is 0 Å². The van der Waals surface area contributed by atoms with Crippen molar-refractivity contribution in [2.24, 2.45) is 5.92 Å². The molecular weight excluding hydrogens is 294 g/mol. The standard InChI is InChI=1S/C18H17NO4/c1-22-14-9-5-8-13(10-14)19-17(20)15-11-16(23-18(15)21)12-6-3-2-4-7-12/h2-10,15-16H,11H2,1H3,(H,19,20)/t15-,16+/m0/s1. The molecule has 2 atom stereocenters. The van der Waals surface area contributed by atoms with Crippen LogP contribution < -0.4 is 10.1 Å². The summed E-state index contributed by atoms with van der Waals surface area (Å²) in [7, 11) is 1.56. The number of methoxy groups -OCH3 is 1. The molecule has 118 valence electrons. The Hall–Kier alpha value is -2.82. The molecule has 2 aromatic rings. The van der Waals surface area contributed by atoms with E-state index in [9.17, 15) is 9.59 Å². The summed E-state index contributed by atoms with van der Waals surface area (Å²) in [6, 6.07) is 16.4. The minimum atomic E-state index is -0.800. The molecule has 0 aromatic heterocycles. The fraction of sp³-hybridized carbons (Fsp3) is 0.222. The molecule has 1 heterocycles. The van der Waals surface area contributed by atoms with Gasteiger partial charge in [-0.2, -0.15) is 0 Å². The molecule has 1 N–H and O–H groups in total. The number of cyclic esters (lactones) is 1. The lowest BCUT2D eigenvalue weighted by Gasteiger charge is -2.09. The number of hydrogen-bond donors (Lipinski definition) is 1. The summed E-state index contributed by atoms with van der Waals surface area (Å²) in [6.45, 7) is 0. The third-order valence-corrected chi connectivity index (χ3v) is 3.82. The Morgan fingerprint density at radius 2 is 1.96 bits per heavy atom. The molecule has 5 nitrogen and oxygen atoms in total. The number of nitrogens with one attached hydrogen (secondary N) is 1. The van der Waals surface area contributed by atoms with Crippen molar-refractivity contribution in [1.29, 1.82) is 0 Å². The zero-order valence-corrected chi connectivity index (χ0v) is 12.7. The van der Waals surface area contributed by atoms with Gasteiger partial charge in [-0.05, 0) is 17.7 Å². The number of esters is 1. The van der Waals surface area contributed by atoms with Crippen LogP contribution in [0.5, 0.6) is 5.75 Å². The van der Waals surface area contributed by atoms with E-state index in [-0.39, 0.29) is 12.0 Å². The number of hydrogen-bond acceptors (Lipinski definition) is 4. The van der Waals surface area contributed by atoms with Crippen LogP contribution in [0.1, 0.15) is 18.1 Å². The van der Waals surface area contributed by atoms with Gasteiger partial charge in [-0.3, -0.25) is 9.59 Å². The van der Waals surface area contributed by atoms with Crippen molar-refractivity contribution >= 4 is 17.6 Å². The Morgan fingerprint density at radius 1 is 1.17 bits per heavy atom. The summed E-state index contributed by atoms with van der Waals surface area (Å²) in [5.41, 5.74) is 1.49. The van der Waals surface area contributed by atoms with Gasteiger partial charge in [0.2, 0.25) is 5.91 Å². The van der Waals surface area contributed by atoms with Crippen molar-refractivity contribution in [3.63, 3.8) is 0 Å². The molecule has 0 aliphatic carbocycles. The van der Waals surface area contributed by atoms with Crippen LogP contribution in [0.15, 0.2) is 54.6 Å². The lowest BCUT2D eigenvalue weighted by atomic mass is 9.99. The average molecular weight is 311 g/mol. The Bertz CT molecular complexity index is 714. The smallest absolute Gasteiger partial charge is 0.319 e. The van der Waals surface area contributed by atoms with E-state index in [1.54, 1.807) is 31.4 Å². The van der Waals surface area contributed by atoms with Crippen LogP contribution in [-0.2, 0) is 14.3 Å². The Balaban J connectivity index is 1.69. The maximum Gasteiger partial charge on any atom is 0.319 e. The quantitative estimate of drug-likeness (QED) is 0.696. The molecule has 0 saturated carbocycles. The van der Waals surface area contributed by atoms with Crippen LogP contribution in [0, 0.1) is 5.92 Å². The van der Waals surface area contributed by atoms with Gasteiger partial charge < -0.3 is 14.8 Å². The molecule has 1 amide bonds. The molecule has 1 aliphatic heterocycles. The fourth-order valence-electron chi connectivity index (χ4n) is 2.60. The molecule has 1 aliphatic rings. The molecule has 23 heavy (non-hydrogen) atoms. The summed E-state index contributed by atoms with van der Waals surface area (Å²) in [4.78, 5) is 24.4. The predicted octanol–water partition coefficient (Wildman–Crippen LogP) is 2.94. The van der Waals surface area contributed by atoms with Crippen molar-refractivity contribution in [1.82, 2.24) is 0 Å². The third kappa shape index (κ3) is 3.34. The molecular formula is C18H17NO4. The molecule has 0 bridgehead atoms. The van der Waals surface area contributed by atoms with Gasteiger partial charge in [0.25, 0.3) is 0 Å². The number of rotatable bonds is 4. The monoisotopic (exact) mass is 311 g/mol. The van der Waals surface area contributed by atoms with E-state index in [4.69, 9.17) is 9.47 Å². The van der Waals surface area contributed by atoms with Gasteiger partial charge in [0, 0.05) is 18.2 Å². The lowest BCUT2D eigenvalue weighted by molar-refractivity contribution is -0.146. The number of anilines is 1. The highest BCUT2D eigenvalue weighted by atomic mass is 16.6. The summed E-state index contributed by atoms with van der Waals surface area (Å²) in [6.07, 6.45) is -0.0247. The number of ether oxygens (including phenoxy) is 2. The first-order chi connectivity index (χ1) is 11.2. The van der Waals surface area contributed by atoms with E-state index >= 15 is 0 Å². The normalized spacial score (nSPS) is 20.0. The van der Waals surface area contributed by atoms with E-state index in [1.807, 2.05) is 30.3 Å². The van der Waals surface area contributed by atoms with Gasteiger partial charge in [-0.25, -0.2) is 0 Å². The van der Waals surface area contributed by atoms with Crippen LogP contribution in [0.25, 0.3) is 0 Å². The Labute approximate surface area is 134 Å². The van der Waals surface area contributed by atoms with Crippen LogP contribution in [-0.4, -0.2) is 19.0 Å². The van der Waals surface area contributed by atoms with Gasteiger partial charge in [0.15, 0.2) is 0 Å². The Morgan fingerprint density at radius 3 is 2.70 bits per heavy atom. The number of benzene rings is 2. The number of carbonyl (C=O) groups excluding carboxylic acids is 2. The summed E-state index contributed by atoms with van der Waals surface area (Å²) in [5.74, 6) is -1.01. The fourth-order valence-corrected chi connectivity index (χ4v) is 2.60. The highest BCUT2D eigenvalue weighted by Gasteiger charge is 2.40. The predicted molar refractivity (Wildman–Crippen MR) is 85.0 cm³/mol. The van der Waals surface area contributed by atoms with Gasteiger partial charge in [0.1, 0.15) is 17.8 Å². The third-order valence-electron chi connectivity index (χ3n) is 3.82. The van der Waals surface area contributed by atoms with E-state index in [0.717, 1.165) is 5.56 Å². The van der Waals surface area contributed by atoms with E-state index < -0.39 is 11.9 Å². The average Bonchev–Trinajstić information content (AvgIpc) is 2.98. The summed E-state index contributed by atoms with van der Waals surface area (Å²) >= 11 is 0. The van der Waals surface area contributed by atoms with Crippen molar-refractivity contribution in [3.8, 4) is 5.75 Å². The van der Waals surface area contributed by atoms with Gasteiger partial charge in [0.05, 0.1) is 7.11 Å². The molecule has 2 aromatic carbocycles. The number of amides is 1. The zero-order chi connectivity index (χ0) is 16.2. The minimum absolute atomic E-state index is 0.346. The van der Waals surface area contributed by atoms with Crippen molar-refractivity contribution in [2.75, 3.05) is 12.4 Å². The molecule has 3 rings (SSSR count). The van der Waals surface area contributed by atoms with E-state index in [0.29, 0.717) is 17.9 Å². The van der Waals surface area contributed by atoms with Crippen LogP contribution in [0.3, 0.4) is 0 Å². The largest absolute Gasteiger partial charge is 0.497 e.